The molecule has 1 aliphatic heterocycles. The lowest BCUT2D eigenvalue weighted by molar-refractivity contribution is -0.125. The van der Waals surface area contributed by atoms with E-state index in [0.717, 1.165) is 0 Å². The second kappa shape index (κ2) is 9.92. The minimum atomic E-state index is -1.44. The fourth-order valence-electron chi connectivity index (χ4n) is 3.75. The van der Waals surface area contributed by atoms with E-state index < -0.39 is 23.2 Å². The molecule has 2 aromatic carbocycles. The van der Waals surface area contributed by atoms with Crippen LogP contribution in [0.1, 0.15) is 31.9 Å². The number of halogens is 3. The fourth-order valence-corrected chi connectivity index (χ4v) is 4.16. The van der Waals surface area contributed by atoms with E-state index in [4.69, 9.17) is 38.9 Å². The zero-order chi connectivity index (χ0) is 25.2. The van der Waals surface area contributed by atoms with Gasteiger partial charge in [-0.25, -0.2) is 4.39 Å². The van der Waals surface area contributed by atoms with E-state index in [1.54, 1.807) is 13.0 Å². The summed E-state index contributed by atoms with van der Waals surface area (Å²) in [6.45, 7) is 5.33. The molecular weight excluding hydrogens is 482 g/mol. The second-order valence-corrected chi connectivity index (χ2v) is 9.22. The average Bonchev–Trinajstić information content (AvgIpc) is 3.10. The van der Waals surface area contributed by atoms with Gasteiger partial charge in [-0.2, -0.15) is 5.26 Å². The molecule has 2 aromatic rings. The number of carbonyl (C=O) groups excluding carboxylic acids is 2. The summed E-state index contributed by atoms with van der Waals surface area (Å²) in [5.41, 5.74) is 4.80. The largest absolute Gasteiger partial charge is 0.453 e. The first kappa shape index (κ1) is 25.3. The van der Waals surface area contributed by atoms with Crippen LogP contribution >= 0.6 is 23.2 Å². The number of ether oxygens (including phenoxy) is 1. The zero-order valence-electron chi connectivity index (χ0n) is 18.7. The number of primary amides is 1. The van der Waals surface area contributed by atoms with Gasteiger partial charge in [0, 0.05) is 23.4 Å². The lowest BCUT2D eigenvalue weighted by Gasteiger charge is -2.32. The number of carbonyl (C=O) groups is 2. The van der Waals surface area contributed by atoms with Crippen molar-refractivity contribution in [1.82, 2.24) is 10.6 Å². The van der Waals surface area contributed by atoms with E-state index in [0.29, 0.717) is 0 Å². The first-order chi connectivity index (χ1) is 16.0. The van der Waals surface area contributed by atoms with Gasteiger partial charge in [0.1, 0.15) is 11.3 Å². The molecular formula is C24H23Cl2FN4O3. The molecule has 0 saturated carbocycles. The van der Waals surface area contributed by atoms with Gasteiger partial charge in [0.25, 0.3) is 5.91 Å². The molecule has 2 amide bonds. The highest BCUT2D eigenvalue weighted by Gasteiger charge is 2.47. The molecule has 0 fully saturated rings. The van der Waals surface area contributed by atoms with Crippen LogP contribution in [0.25, 0.3) is 0 Å². The van der Waals surface area contributed by atoms with E-state index in [-0.39, 0.29) is 56.7 Å². The average molecular weight is 505 g/mol. The van der Waals surface area contributed by atoms with Crippen LogP contribution in [0.15, 0.2) is 42.1 Å². The van der Waals surface area contributed by atoms with Gasteiger partial charge in [0.2, 0.25) is 5.91 Å². The van der Waals surface area contributed by atoms with E-state index in [9.17, 15) is 9.59 Å². The highest BCUT2D eigenvalue weighted by atomic mass is 35.5. The van der Waals surface area contributed by atoms with Crippen LogP contribution in [0.2, 0.25) is 10.0 Å². The van der Waals surface area contributed by atoms with Gasteiger partial charge in [0.05, 0.1) is 22.4 Å². The quantitative estimate of drug-likeness (QED) is 0.521. The van der Waals surface area contributed by atoms with Crippen LogP contribution in [0.4, 0.5) is 4.39 Å². The van der Waals surface area contributed by atoms with Crippen molar-refractivity contribution in [2.45, 2.75) is 38.8 Å². The number of nitrogens with one attached hydrogen (secondary N) is 2. The molecule has 178 valence electrons. The minimum Gasteiger partial charge on any atom is -0.453 e. The van der Waals surface area contributed by atoms with Crippen LogP contribution in [-0.2, 0) is 16.0 Å². The van der Waals surface area contributed by atoms with E-state index in [1.165, 1.54) is 30.3 Å². The Morgan fingerprint density at radius 2 is 2.03 bits per heavy atom. The number of benzene rings is 2. The molecule has 1 heterocycles. The Labute approximate surface area is 206 Å². The maximum absolute atomic E-state index is 15.6. The Balaban J connectivity index is 1.95. The third-order valence-electron chi connectivity index (χ3n) is 5.47. The van der Waals surface area contributed by atoms with Crippen LogP contribution in [0, 0.1) is 23.1 Å². The van der Waals surface area contributed by atoms with Crippen LogP contribution < -0.4 is 21.1 Å². The molecule has 0 bridgehead atoms. The van der Waals surface area contributed by atoms with Gasteiger partial charge < -0.3 is 21.1 Å². The predicted molar refractivity (Wildman–Crippen MR) is 127 cm³/mol. The molecule has 3 rings (SSSR count). The first-order valence-electron chi connectivity index (χ1n) is 10.4. The smallest absolute Gasteiger partial charge is 0.267 e. The number of nitrogens with two attached hydrogens (primary N) is 1. The monoisotopic (exact) mass is 504 g/mol. The lowest BCUT2D eigenvalue weighted by atomic mass is 9.81. The van der Waals surface area contributed by atoms with E-state index >= 15 is 4.39 Å². The topological polar surface area (TPSA) is 117 Å². The maximum Gasteiger partial charge on any atom is 0.267 e. The number of nitriles is 1. The molecule has 10 heteroatoms. The number of hydrogen-bond donors (Lipinski definition) is 3. The Morgan fingerprint density at radius 1 is 1.32 bits per heavy atom. The predicted octanol–water partition coefficient (Wildman–Crippen LogP) is 4.21. The van der Waals surface area contributed by atoms with Gasteiger partial charge in [-0.1, -0.05) is 36.2 Å². The van der Waals surface area contributed by atoms with Crippen molar-refractivity contribution in [2.24, 2.45) is 11.7 Å². The minimum absolute atomic E-state index is 0.0181. The molecule has 0 radical (unpaired) electrons. The van der Waals surface area contributed by atoms with Crippen LogP contribution in [0.3, 0.4) is 0 Å². The normalized spacial score (nSPS) is 19.2. The van der Waals surface area contributed by atoms with Gasteiger partial charge in [-0.3, -0.25) is 9.59 Å². The molecule has 0 aliphatic carbocycles. The summed E-state index contributed by atoms with van der Waals surface area (Å²) in [7, 11) is 0. The van der Waals surface area contributed by atoms with Crippen molar-refractivity contribution in [3.8, 4) is 17.6 Å². The van der Waals surface area contributed by atoms with E-state index in [2.05, 4.69) is 10.6 Å². The molecule has 34 heavy (non-hydrogen) atoms. The van der Waals surface area contributed by atoms with Gasteiger partial charge in [0.15, 0.2) is 11.6 Å². The standard InChI is InChI=1S/C24H23Cl2FN4O3/c1-12(2)30-22(32)19-6-13(3)24(31-19,23(29)33)10-15-4-5-18(26)21(20(15)27)34-17-8-14(11-28)7-16(25)9-17/h4-9,12-13,31H,10H2,1-3H3,(H2,29,33)(H,30,32). The Kier molecular flexibility index (Phi) is 7.39. The van der Waals surface area contributed by atoms with Gasteiger partial charge >= 0.3 is 0 Å². The number of hydrogen-bond acceptors (Lipinski definition) is 5. The Hall–Kier alpha value is -3.28. The summed E-state index contributed by atoms with van der Waals surface area (Å²) in [4.78, 5) is 25.0. The lowest BCUT2D eigenvalue weighted by Crippen LogP contribution is -2.58. The third-order valence-corrected chi connectivity index (χ3v) is 5.99. The molecule has 2 unspecified atom stereocenters. The van der Waals surface area contributed by atoms with Gasteiger partial charge in [-0.15, -0.1) is 0 Å². The molecule has 1 aliphatic rings. The van der Waals surface area contributed by atoms with Crippen LogP contribution in [-0.4, -0.2) is 23.4 Å². The zero-order valence-corrected chi connectivity index (χ0v) is 20.2. The number of amides is 2. The highest BCUT2D eigenvalue weighted by molar-refractivity contribution is 6.32. The molecule has 2 atom stereocenters. The van der Waals surface area contributed by atoms with Crippen molar-refractivity contribution in [3.05, 3.63) is 69.1 Å². The summed E-state index contributed by atoms with van der Waals surface area (Å²) in [6.07, 6.45) is 1.43. The second-order valence-electron chi connectivity index (χ2n) is 8.37. The van der Waals surface area contributed by atoms with Crippen molar-refractivity contribution in [1.29, 1.82) is 5.26 Å². The van der Waals surface area contributed by atoms with Crippen molar-refractivity contribution >= 4 is 35.0 Å². The third kappa shape index (κ3) is 5.11. The molecule has 7 nitrogen and oxygen atoms in total. The van der Waals surface area contributed by atoms with Crippen molar-refractivity contribution in [3.63, 3.8) is 0 Å². The summed E-state index contributed by atoms with van der Waals surface area (Å²) in [5, 5.41) is 15.0. The summed E-state index contributed by atoms with van der Waals surface area (Å²) < 4.78 is 21.2. The van der Waals surface area contributed by atoms with E-state index in [1.807, 2.05) is 19.9 Å². The first-order valence-corrected chi connectivity index (χ1v) is 11.2. The van der Waals surface area contributed by atoms with Crippen molar-refractivity contribution < 1.29 is 18.7 Å². The molecule has 4 N–H and O–H groups in total. The summed E-state index contributed by atoms with van der Waals surface area (Å²) in [5.74, 6) is -2.62. The summed E-state index contributed by atoms with van der Waals surface area (Å²) >= 11 is 12.2. The SMILES string of the molecule is CC(C)NC(=O)C1=CC(C)C(Cc2ccc(Cl)c(Oc3cc(Cl)cc(C#N)c3)c2F)(C(N)=O)N1. The number of nitrogens with zero attached hydrogens (tertiary/aromatic N) is 1. The van der Waals surface area contributed by atoms with Gasteiger partial charge in [-0.05, 0) is 49.8 Å². The molecule has 0 aromatic heterocycles. The van der Waals surface area contributed by atoms with Crippen molar-refractivity contribution in [2.75, 3.05) is 0 Å². The summed E-state index contributed by atoms with van der Waals surface area (Å²) in [6, 6.07) is 8.93. The molecule has 0 spiro atoms. The number of rotatable bonds is 7. The van der Waals surface area contributed by atoms with Crippen LogP contribution in [0.5, 0.6) is 11.5 Å². The fraction of sp³-hybridized carbons (Fsp3) is 0.292. The Bertz CT molecular complexity index is 1230. The molecule has 0 saturated heterocycles. The Morgan fingerprint density at radius 3 is 2.65 bits per heavy atom. The maximum atomic E-state index is 15.6. The highest BCUT2D eigenvalue weighted by Crippen LogP contribution is 2.38.